The van der Waals surface area contributed by atoms with Crippen LogP contribution in [0.25, 0.3) is 0 Å². The van der Waals surface area contributed by atoms with Crippen molar-refractivity contribution in [3.05, 3.63) is 29.3 Å². The van der Waals surface area contributed by atoms with Gasteiger partial charge in [-0.3, -0.25) is 4.79 Å². The van der Waals surface area contributed by atoms with Crippen LogP contribution in [0.5, 0.6) is 5.75 Å². The smallest absolute Gasteiger partial charge is 0.872 e. The fourth-order valence-electron chi connectivity index (χ4n) is 1.07. The van der Waals surface area contributed by atoms with Crippen molar-refractivity contribution in [1.29, 1.82) is 0 Å². The summed E-state index contributed by atoms with van der Waals surface area (Å²) in [5.74, 6) is 0.0206. The van der Waals surface area contributed by atoms with E-state index in [0.717, 1.165) is 0 Å². The van der Waals surface area contributed by atoms with Gasteiger partial charge in [0.1, 0.15) is 0 Å². The molecule has 0 saturated carbocycles. The molecular weight excluding hydrogens is 175 g/mol. The first-order chi connectivity index (χ1) is 5.65. The largest absolute Gasteiger partial charge is 1.00 e. The molecule has 0 fully saturated rings. The maximum atomic E-state index is 11.1. The van der Waals surface area contributed by atoms with Gasteiger partial charge >= 0.3 is 29.6 Å². The molecule has 1 rings (SSSR count). The van der Waals surface area contributed by atoms with Gasteiger partial charge in [-0.15, -0.1) is 5.75 Å². The molecule has 0 aromatic heterocycles. The van der Waals surface area contributed by atoms with E-state index in [2.05, 4.69) is 0 Å². The van der Waals surface area contributed by atoms with E-state index < -0.39 is 0 Å². The summed E-state index contributed by atoms with van der Waals surface area (Å²) in [5.41, 5.74) is 1.33. The molecule has 0 heterocycles. The summed E-state index contributed by atoms with van der Waals surface area (Å²) in [6.07, 6.45) is 0.681. The van der Waals surface area contributed by atoms with Gasteiger partial charge in [0.15, 0.2) is 5.78 Å². The van der Waals surface area contributed by atoms with Gasteiger partial charge in [-0.25, -0.2) is 0 Å². The minimum absolute atomic E-state index is 0. The van der Waals surface area contributed by atoms with Crippen LogP contribution in [0.4, 0.5) is 0 Å². The number of carbonyl (C=O) groups excluding carboxylic acids is 1. The Hall–Kier alpha value is -0.310. The molecule has 0 atom stereocenters. The van der Waals surface area contributed by atoms with E-state index >= 15 is 0 Å². The third-order valence-corrected chi connectivity index (χ3v) is 1.85. The molecule has 13 heavy (non-hydrogen) atoms. The van der Waals surface area contributed by atoms with Crippen LogP contribution in [-0.2, 0) is 6.42 Å². The zero-order valence-electron chi connectivity index (χ0n) is 8.26. The first-order valence-electron chi connectivity index (χ1n) is 3.96. The zero-order valence-corrected chi connectivity index (χ0v) is 10.3. The van der Waals surface area contributed by atoms with Gasteiger partial charge in [0, 0.05) is 5.56 Å². The van der Waals surface area contributed by atoms with Crippen LogP contribution >= 0.6 is 0 Å². The Kier molecular flexibility index (Phi) is 5.30. The molecular formula is C10H11NaO2. The number of benzene rings is 1. The third-order valence-electron chi connectivity index (χ3n) is 1.85. The van der Waals surface area contributed by atoms with Crippen LogP contribution in [0.2, 0.25) is 0 Å². The molecule has 0 spiro atoms. The Morgan fingerprint density at radius 2 is 2.08 bits per heavy atom. The van der Waals surface area contributed by atoms with E-state index in [1.165, 1.54) is 13.0 Å². The van der Waals surface area contributed by atoms with Crippen molar-refractivity contribution >= 4 is 5.78 Å². The summed E-state index contributed by atoms with van der Waals surface area (Å²) in [7, 11) is 0. The molecule has 0 aliphatic carbocycles. The molecule has 2 nitrogen and oxygen atoms in total. The summed E-state index contributed by atoms with van der Waals surface area (Å²) in [6, 6.07) is 4.70. The van der Waals surface area contributed by atoms with Gasteiger partial charge in [-0.2, -0.15) is 0 Å². The van der Waals surface area contributed by atoms with E-state index in [1.807, 2.05) is 6.92 Å². The fourth-order valence-corrected chi connectivity index (χ4v) is 1.07. The first kappa shape index (κ1) is 12.7. The van der Waals surface area contributed by atoms with Crippen molar-refractivity contribution in [3.63, 3.8) is 0 Å². The van der Waals surface area contributed by atoms with E-state index in [9.17, 15) is 9.90 Å². The monoisotopic (exact) mass is 186 g/mol. The van der Waals surface area contributed by atoms with Gasteiger partial charge < -0.3 is 5.11 Å². The number of Topliss-reactive ketones (excluding diaryl/α,β-unsaturated/α-hetero) is 1. The Balaban J connectivity index is 0.00000144. The molecule has 0 saturated heterocycles. The van der Waals surface area contributed by atoms with Crippen molar-refractivity contribution < 1.29 is 39.5 Å². The fraction of sp³-hybridized carbons (Fsp3) is 0.300. The van der Waals surface area contributed by atoms with Gasteiger partial charge in [-0.1, -0.05) is 24.6 Å². The average Bonchev–Trinajstić information content (AvgIpc) is 2.05. The van der Waals surface area contributed by atoms with Crippen LogP contribution < -0.4 is 34.7 Å². The Bertz CT molecular complexity index is 308. The molecule has 0 aliphatic rings. The predicted molar refractivity (Wildman–Crippen MR) is 45.3 cm³/mol. The SMILES string of the molecule is CCc1cc(C(C)=O)ccc1[O-].[Na+]. The number of rotatable bonds is 2. The molecule has 0 bridgehead atoms. The van der Waals surface area contributed by atoms with Crippen LogP contribution in [0.1, 0.15) is 29.8 Å². The Morgan fingerprint density at radius 3 is 2.54 bits per heavy atom. The van der Waals surface area contributed by atoms with E-state index in [-0.39, 0.29) is 41.1 Å². The van der Waals surface area contributed by atoms with Crippen molar-refractivity contribution in [3.8, 4) is 5.75 Å². The van der Waals surface area contributed by atoms with E-state index in [0.29, 0.717) is 17.5 Å². The molecule has 1 aromatic carbocycles. The Morgan fingerprint density at radius 1 is 1.46 bits per heavy atom. The van der Waals surface area contributed by atoms with Crippen molar-refractivity contribution in [1.82, 2.24) is 0 Å². The maximum Gasteiger partial charge on any atom is 1.00 e. The summed E-state index contributed by atoms with van der Waals surface area (Å²) in [5, 5.41) is 11.1. The number of hydrogen-bond donors (Lipinski definition) is 0. The molecule has 1 aromatic rings. The summed E-state index contributed by atoms with van der Waals surface area (Å²) in [6.45, 7) is 3.40. The maximum absolute atomic E-state index is 11.1. The Labute approximate surface area is 100 Å². The average molecular weight is 186 g/mol. The van der Waals surface area contributed by atoms with Gasteiger partial charge in [0.25, 0.3) is 0 Å². The summed E-state index contributed by atoms with van der Waals surface area (Å²) < 4.78 is 0. The molecule has 0 aliphatic heterocycles. The normalized spacial score (nSPS) is 9.08. The second-order valence-electron chi connectivity index (χ2n) is 2.73. The zero-order chi connectivity index (χ0) is 9.14. The molecule has 0 amide bonds. The van der Waals surface area contributed by atoms with Crippen molar-refractivity contribution in [2.75, 3.05) is 0 Å². The second kappa shape index (κ2) is 5.43. The molecule has 0 unspecified atom stereocenters. The number of aryl methyl sites for hydroxylation is 1. The second-order valence-corrected chi connectivity index (χ2v) is 2.73. The van der Waals surface area contributed by atoms with Gasteiger partial charge in [0.05, 0.1) is 0 Å². The quantitative estimate of drug-likeness (QED) is 0.418. The first-order valence-corrected chi connectivity index (χ1v) is 3.96. The van der Waals surface area contributed by atoms with E-state index in [4.69, 9.17) is 0 Å². The van der Waals surface area contributed by atoms with Crippen molar-refractivity contribution in [2.24, 2.45) is 0 Å². The van der Waals surface area contributed by atoms with Crippen LogP contribution in [0.15, 0.2) is 18.2 Å². The molecule has 3 heteroatoms. The predicted octanol–water partition coefficient (Wildman–Crippen LogP) is -1.47. The minimum Gasteiger partial charge on any atom is -0.872 e. The minimum atomic E-state index is 0. The van der Waals surface area contributed by atoms with Crippen LogP contribution in [0, 0.1) is 0 Å². The van der Waals surface area contributed by atoms with E-state index in [1.54, 1.807) is 12.1 Å². The van der Waals surface area contributed by atoms with Gasteiger partial charge in [0.2, 0.25) is 0 Å². The van der Waals surface area contributed by atoms with Gasteiger partial charge in [-0.05, 0) is 19.4 Å². The third kappa shape index (κ3) is 3.14. The summed E-state index contributed by atoms with van der Waals surface area (Å²) >= 11 is 0. The number of ketones is 1. The molecule has 0 radical (unpaired) electrons. The topological polar surface area (TPSA) is 40.1 Å². The van der Waals surface area contributed by atoms with Crippen LogP contribution in [0.3, 0.4) is 0 Å². The molecule has 0 N–H and O–H groups in total. The van der Waals surface area contributed by atoms with Crippen molar-refractivity contribution in [2.45, 2.75) is 20.3 Å². The number of carbonyl (C=O) groups is 1. The standard InChI is InChI=1S/C10H12O2.Na/c1-3-8-6-9(7(2)11)4-5-10(8)12;/h4-6,12H,3H2,1-2H3;/q;+1/p-1. The summed E-state index contributed by atoms with van der Waals surface area (Å²) in [4.78, 5) is 10.9. The van der Waals surface area contributed by atoms with Crippen LogP contribution in [-0.4, -0.2) is 5.78 Å². The number of hydrogen-bond acceptors (Lipinski definition) is 2. The molecule has 64 valence electrons.